The molecule has 0 aromatic carbocycles. The van der Waals surface area contributed by atoms with Gasteiger partial charge < -0.3 is 10.1 Å². The van der Waals surface area contributed by atoms with Crippen LogP contribution in [0, 0.1) is 5.92 Å². The fourth-order valence-electron chi connectivity index (χ4n) is 1.41. The van der Waals surface area contributed by atoms with E-state index in [9.17, 15) is 0 Å². The first-order valence-electron chi connectivity index (χ1n) is 5.46. The zero-order chi connectivity index (χ0) is 10.1. The lowest BCUT2D eigenvalue weighted by molar-refractivity contribution is 0.155. The fourth-order valence-corrected chi connectivity index (χ4v) is 1.41. The Hall–Kier alpha value is -0.0800. The molecule has 0 aromatic heterocycles. The molecule has 0 radical (unpaired) electrons. The Bertz CT molecular complexity index is 106. The fraction of sp³-hybridized carbons (Fsp3) is 1.00. The first-order valence-corrected chi connectivity index (χ1v) is 5.46. The molecule has 13 heavy (non-hydrogen) atoms. The van der Waals surface area contributed by atoms with Gasteiger partial charge in [0.05, 0.1) is 6.61 Å². The molecule has 0 rings (SSSR count). The van der Waals surface area contributed by atoms with Crippen molar-refractivity contribution in [2.75, 3.05) is 20.3 Å². The van der Waals surface area contributed by atoms with Gasteiger partial charge in [0.15, 0.2) is 0 Å². The van der Waals surface area contributed by atoms with Crippen LogP contribution in [-0.2, 0) is 4.74 Å². The molecule has 80 valence electrons. The highest BCUT2D eigenvalue weighted by Gasteiger charge is 2.10. The summed E-state index contributed by atoms with van der Waals surface area (Å²) in [6.07, 6.45) is 3.68. The van der Waals surface area contributed by atoms with Crippen molar-refractivity contribution in [3.05, 3.63) is 0 Å². The van der Waals surface area contributed by atoms with E-state index in [-0.39, 0.29) is 0 Å². The van der Waals surface area contributed by atoms with E-state index in [4.69, 9.17) is 4.74 Å². The Labute approximate surface area is 83.1 Å². The second kappa shape index (κ2) is 8.52. The standard InChI is InChI=1S/C11H25NO/c1-5-7-12-11(9-13-4)8-10(3)6-2/h10-12H,5-9H2,1-4H3. The third-order valence-corrected chi connectivity index (χ3v) is 2.43. The maximum absolute atomic E-state index is 5.18. The van der Waals surface area contributed by atoms with Crippen molar-refractivity contribution in [2.24, 2.45) is 5.92 Å². The van der Waals surface area contributed by atoms with Crippen LogP contribution in [0.3, 0.4) is 0 Å². The van der Waals surface area contributed by atoms with E-state index >= 15 is 0 Å². The van der Waals surface area contributed by atoms with E-state index < -0.39 is 0 Å². The molecule has 2 atom stereocenters. The normalized spacial score (nSPS) is 15.7. The molecule has 1 N–H and O–H groups in total. The third-order valence-electron chi connectivity index (χ3n) is 2.43. The van der Waals surface area contributed by atoms with Gasteiger partial charge in [0, 0.05) is 13.2 Å². The van der Waals surface area contributed by atoms with Crippen molar-refractivity contribution < 1.29 is 4.74 Å². The maximum Gasteiger partial charge on any atom is 0.0615 e. The smallest absolute Gasteiger partial charge is 0.0615 e. The molecule has 0 aliphatic carbocycles. The number of methoxy groups -OCH3 is 1. The molecule has 0 amide bonds. The largest absolute Gasteiger partial charge is 0.383 e. The van der Waals surface area contributed by atoms with Crippen molar-refractivity contribution >= 4 is 0 Å². The third kappa shape index (κ3) is 7.03. The second-order valence-electron chi connectivity index (χ2n) is 3.86. The molecule has 0 fully saturated rings. The summed E-state index contributed by atoms with van der Waals surface area (Å²) in [5.74, 6) is 0.796. The van der Waals surface area contributed by atoms with Crippen LogP contribution in [0.5, 0.6) is 0 Å². The molecular formula is C11H25NO. The van der Waals surface area contributed by atoms with E-state index in [0.717, 1.165) is 19.1 Å². The minimum absolute atomic E-state index is 0.542. The molecule has 0 aromatic rings. The highest BCUT2D eigenvalue weighted by atomic mass is 16.5. The lowest BCUT2D eigenvalue weighted by Gasteiger charge is -2.20. The van der Waals surface area contributed by atoms with Gasteiger partial charge in [0.1, 0.15) is 0 Å². The summed E-state index contributed by atoms with van der Waals surface area (Å²) in [4.78, 5) is 0. The van der Waals surface area contributed by atoms with Gasteiger partial charge in [0.2, 0.25) is 0 Å². The molecular weight excluding hydrogens is 162 g/mol. The minimum Gasteiger partial charge on any atom is -0.383 e. The SMILES string of the molecule is CCCNC(COC)CC(C)CC. The number of nitrogens with one attached hydrogen (secondary N) is 1. The summed E-state index contributed by atoms with van der Waals surface area (Å²) >= 11 is 0. The molecule has 0 spiro atoms. The lowest BCUT2D eigenvalue weighted by Crippen LogP contribution is -2.35. The number of hydrogen-bond donors (Lipinski definition) is 1. The molecule has 0 aliphatic heterocycles. The van der Waals surface area contributed by atoms with Crippen molar-refractivity contribution in [1.29, 1.82) is 0 Å². The van der Waals surface area contributed by atoms with E-state index in [2.05, 4.69) is 26.1 Å². The summed E-state index contributed by atoms with van der Waals surface area (Å²) in [6.45, 7) is 8.68. The van der Waals surface area contributed by atoms with Crippen LogP contribution in [0.2, 0.25) is 0 Å². The van der Waals surface area contributed by atoms with Gasteiger partial charge in [-0.1, -0.05) is 27.2 Å². The Morgan fingerprint density at radius 1 is 1.31 bits per heavy atom. The highest BCUT2D eigenvalue weighted by molar-refractivity contribution is 4.68. The van der Waals surface area contributed by atoms with Crippen molar-refractivity contribution in [2.45, 2.75) is 46.1 Å². The molecule has 2 unspecified atom stereocenters. The number of rotatable bonds is 8. The highest BCUT2D eigenvalue weighted by Crippen LogP contribution is 2.09. The van der Waals surface area contributed by atoms with Crippen molar-refractivity contribution in [3.63, 3.8) is 0 Å². The van der Waals surface area contributed by atoms with Gasteiger partial charge in [-0.15, -0.1) is 0 Å². The number of hydrogen-bond acceptors (Lipinski definition) is 2. The van der Waals surface area contributed by atoms with Crippen LogP contribution in [-0.4, -0.2) is 26.3 Å². The molecule has 0 saturated carbocycles. The predicted molar refractivity (Wildman–Crippen MR) is 58.0 cm³/mol. The predicted octanol–water partition coefficient (Wildman–Crippen LogP) is 2.44. The average molecular weight is 187 g/mol. The molecule has 0 heterocycles. The van der Waals surface area contributed by atoms with E-state index in [1.165, 1.54) is 19.3 Å². The van der Waals surface area contributed by atoms with Gasteiger partial charge in [-0.2, -0.15) is 0 Å². The average Bonchev–Trinajstić information content (AvgIpc) is 2.14. The molecule has 0 aliphatic rings. The van der Waals surface area contributed by atoms with Crippen LogP contribution in [0.4, 0.5) is 0 Å². The van der Waals surface area contributed by atoms with E-state index in [1.807, 2.05) is 0 Å². The first kappa shape index (κ1) is 12.9. The van der Waals surface area contributed by atoms with Gasteiger partial charge >= 0.3 is 0 Å². The zero-order valence-electron chi connectivity index (χ0n) is 9.60. The van der Waals surface area contributed by atoms with Gasteiger partial charge in [-0.05, 0) is 25.3 Å². The summed E-state index contributed by atoms with van der Waals surface area (Å²) in [7, 11) is 1.78. The minimum atomic E-state index is 0.542. The molecule has 0 saturated heterocycles. The Morgan fingerprint density at radius 2 is 2.00 bits per heavy atom. The van der Waals surface area contributed by atoms with Gasteiger partial charge in [-0.25, -0.2) is 0 Å². The quantitative estimate of drug-likeness (QED) is 0.630. The summed E-state index contributed by atoms with van der Waals surface area (Å²) in [6, 6.07) is 0.542. The van der Waals surface area contributed by atoms with Crippen molar-refractivity contribution in [1.82, 2.24) is 5.32 Å². The molecule has 2 heteroatoms. The van der Waals surface area contributed by atoms with Crippen LogP contribution in [0.1, 0.15) is 40.0 Å². The lowest BCUT2D eigenvalue weighted by atomic mass is 10.00. The monoisotopic (exact) mass is 187 g/mol. The summed E-state index contributed by atoms with van der Waals surface area (Å²) in [5.41, 5.74) is 0. The topological polar surface area (TPSA) is 21.3 Å². The van der Waals surface area contributed by atoms with Gasteiger partial charge in [0.25, 0.3) is 0 Å². The Balaban J connectivity index is 3.65. The van der Waals surface area contributed by atoms with Crippen LogP contribution >= 0.6 is 0 Å². The summed E-state index contributed by atoms with van der Waals surface area (Å²) < 4.78 is 5.18. The Morgan fingerprint density at radius 3 is 2.46 bits per heavy atom. The van der Waals surface area contributed by atoms with E-state index in [1.54, 1.807) is 7.11 Å². The molecule has 0 bridgehead atoms. The van der Waals surface area contributed by atoms with Crippen LogP contribution < -0.4 is 5.32 Å². The molecule has 2 nitrogen and oxygen atoms in total. The maximum atomic E-state index is 5.18. The summed E-state index contributed by atoms with van der Waals surface area (Å²) in [5, 5.41) is 3.51. The van der Waals surface area contributed by atoms with E-state index in [0.29, 0.717) is 6.04 Å². The Kier molecular flexibility index (Phi) is 8.46. The van der Waals surface area contributed by atoms with Gasteiger partial charge in [-0.3, -0.25) is 0 Å². The van der Waals surface area contributed by atoms with Crippen molar-refractivity contribution in [3.8, 4) is 0 Å². The number of ether oxygens (including phenoxy) is 1. The second-order valence-corrected chi connectivity index (χ2v) is 3.86. The van der Waals surface area contributed by atoms with Crippen LogP contribution in [0.25, 0.3) is 0 Å². The van der Waals surface area contributed by atoms with Crippen LogP contribution in [0.15, 0.2) is 0 Å². The first-order chi connectivity index (χ1) is 6.24. The zero-order valence-corrected chi connectivity index (χ0v) is 9.60.